The van der Waals surface area contributed by atoms with Gasteiger partial charge < -0.3 is 14.7 Å². The quantitative estimate of drug-likeness (QED) is 0.128. The molecule has 4 aromatic heterocycles. The molecule has 6 heteroatoms. The number of benzene rings is 4. The van der Waals surface area contributed by atoms with Gasteiger partial charge in [0.15, 0.2) is 0 Å². The van der Waals surface area contributed by atoms with Crippen molar-refractivity contribution in [2.75, 3.05) is 0 Å². The molecule has 4 aromatic carbocycles. The molecule has 9 rings (SSSR count). The van der Waals surface area contributed by atoms with Gasteiger partial charge in [-0.3, -0.25) is 4.40 Å². The van der Waals surface area contributed by atoms with Crippen LogP contribution in [0.1, 0.15) is 69.9 Å². The van der Waals surface area contributed by atoms with Crippen LogP contribution in [0.25, 0.3) is 60.9 Å². The van der Waals surface area contributed by atoms with Crippen LogP contribution in [0.5, 0.6) is 11.5 Å². The molecule has 8 aromatic rings. The van der Waals surface area contributed by atoms with E-state index in [2.05, 4.69) is 110 Å². The number of nitrogens with zero attached hydrogens (tertiary/aromatic N) is 4. The van der Waals surface area contributed by atoms with Gasteiger partial charge in [0.2, 0.25) is 0 Å². The largest absolute Gasteiger partial charge is 2.00 e. The molecule has 0 N–H and O–H groups in total. The predicted molar refractivity (Wildman–Crippen MR) is 203 cm³/mol. The van der Waals surface area contributed by atoms with Gasteiger partial charge in [0.05, 0.1) is 16.8 Å². The summed E-state index contributed by atoms with van der Waals surface area (Å²) in [5.41, 5.74) is 9.93. The Labute approximate surface area is 313 Å². The average molecular weight is 846 g/mol. The van der Waals surface area contributed by atoms with Crippen molar-refractivity contribution in [2.45, 2.75) is 64.2 Å². The van der Waals surface area contributed by atoms with Crippen LogP contribution in [0.3, 0.4) is 0 Å². The topological polar surface area (TPSA) is 52.3 Å². The number of fused-ring (bicyclic) bond motifs is 8. The molecule has 0 spiro atoms. The van der Waals surface area contributed by atoms with Crippen molar-refractivity contribution >= 4 is 38.4 Å². The van der Waals surface area contributed by atoms with Crippen molar-refractivity contribution in [3.8, 4) is 34.0 Å². The second kappa shape index (κ2) is 13.4. The van der Waals surface area contributed by atoms with Gasteiger partial charge in [0, 0.05) is 23.7 Å². The van der Waals surface area contributed by atoms with Gasteiger partial charge in [0.25, 0.3) is 0 Å². The minimum Gasteiger partial charge on any atom is -0.496 e. The number of para-hydroxylation sites is 3. The van der Waals surface area contributed by atoms with Crippen LogP contribution in [0.2, 0.25) is 0 Å². The summed E-state index contributed by atoms with van der Waals surface area (Å²) in [6.07, 6.45) is 9.99. The third-order valence-corrected chi connectivity index (χ3v) is 10.3. The van der Waals surface area contributed by atoms with E-state index < -0.39 is 0 Å². The number of imidazole rings is 1. The second-order valence-electron chi connectivity index (χ2n) is 14.6. The summed E-state index contributed by atoms with van der Waals surface area (Å²) in [6, 6.07) is 41.1. The fraction of sp³-hybridized carbons (Fsp3) is 0.222. The zero-order chi connectivity index (χ0) is 33.8. The molecule has 0 amide bonds. The van der Waals surface area contributed by atoms with Gasteiger partial charge in [-0.25, -0.2) is 4.98 Å². The first kappa shape index (κ1) is 33.3. The molecule has 1 fully saturated rings. The molecule has 0 saturated heterocycles. The van der Waals surface area contributed by atoms with E-state index in [0.29, 0.717) is 17.4 Å². The Morgan fingerprint density at radius 2 is 1.47 bits per heavy atom. The monoisotopic (exact) mass is 845 g/mol. The van der Waals surface area contributed by atoms with Gasteiger partial charge >= 0.3 is 21.1 Å². The van der Waals surface area contributed by atoms with Crippen molar-refractivity contribution in [2.24, 2.45) is 0 Å². The molecule has 51 heavy (non-hydrogen) atoms. The Kier molecular flexibility index (Phi) is 8.72. The van der Waals surface area contributed by atoms with E-state index in [-0.39, 0.29) is 26.5 Å². The van der Waals surface area contributed by atoms with Gasteiger partial charge in [-0.05, 0) is 76.2 Å². The van der Waals surface area contributed by atoms with Gasteiger partial charge in [0.1, 0.15) is 5.65 Å². The third kappa shape index (κ3) is 6.12. The third-order valence-electron chi connectivity index (χ3n) is 10.3. The van der Waals surface area contributed by atoms with Gasteiger partial charge in [-0.2, -0.15) is 0 Å². The van der Waals surface area contributed by atoms with Crippen LogP contribution in [-0.2, 0) is 26.5 Å². The summed E-state index contributed by atoms with van der Waals surface area (Å²) in [5.74, 6) is 1.78. The Morgan fingerprint density at radius 1 is 0.725 bits per heavy atom. The van der Waals surface area contributed by atoms with Gasteiger partial charge in [-0.1, -0.05) is 118 Å². The number of pyridine rings is 3. The van der Waals surface area contributed by atoms with Crippen molar-refractivity contribution in [3.05, 3.63) is 133 Å². The summed E-state index contributed by atoms with van der Waals surface area (Å²) in [4.78, 5) is 14.9. The second-order valence-corrected chi connectivity index (χ2v) is 14.6. The molecule has 1 saturated carbocycles. The zero-order valence-corrected chi connectivity index (χ0v) is 31.3. The first-order chi connectivity index (χ1) is 24.4. The maximum atomic E-state index is 7.05. The summed E-state index contributed by atoms with van der Waals surface area (Å²) in [6.45, 7) is 6.62. The van der Waals surface area contributed by atoms with E-state index in [0.717, 1.165) is 60.9 Å². The van der Waals surface area contributed by atoms with Gasteiger partial charge in [-0.15, -0.1) is 28.8 Å². The Bertz CT molecular complexity index is 2530. The van der Waals surface area contributed by atoms with E-state index in [4.69, 9.17) is 19.7 Å². The fourth-order valence-corrected chi connectivity index (χ4v) is 7.61. The zero-order valence-electron chi connectivity index (χ0n) is 29.0. The van der Waals surface area contributed by atoms with Crippen molar-refractivity contribution in [3.63, 3.8) is 0 Å². The molecular weight excluding hydrogens is 808 g/mol. The molecule has 0 bridgehead atoms. The molecule has 1 aliphatic carbocycles. The van der Waals surface area contributed by atoms with E-state index in [9.17, 15) is 0 Å². The molecule has 1 aliphatic rings. The van der Waals surface area contributed by atoms with Crippen molar-refractivity contribution < 1.29 is 25.8 Å². The summed E-state index contributed by atoms with van der Waals surface area (Å²) in [7, 11) is 0. The Hall–Kier alpha value is -4.86. The molecule has 0 unspecified atom stereocenters. The molecule has 4 heterocycles. The van der Waals surface area contributed by atoms with E-state index >= 15 is 0 Å². The standard InChI is InChI=1S/C45H38N4O.Pt/c1-45(2,3)33-20-21-38(47-28-33)32-26-36-43(35-15-7-9-18-40(35)49-41-19-10-8-17-39(41)48-44(36)49)42(27-32)50-34-24-30(29-13-5-4-6-14-29)23-31(25-34)37-16-11-12-22-46-37;/h7-12,15-24,26,28-29H,4-6,13-14H2,1-3H3;/q-2;+2. The molecule has 0 aliphatic heterocycles. The first-order valence-corrected chi connectivity index (χ1v) is 17.7. The smallest absolute Gasteiger partial charge is 0.496 e. The minimum absolute atomic E-state index is 0. The molecular formula is C45H38N4OPt. The average Bonchev–Trinajstić information content (AvgIpc) is 3.55. The summed E-state index contributed by atoms with van der Waals surface area (Å²) in [5, 5.41) is 3.02. The number of hydrogen-bond donors (Lipinski definition) is 0. The van der Waals surface area contributed by atoms with Crippen LogP contribution in [0.15, 0.2) is 109 Å². The normalized spacial score (nSPS) is 13.9. The number of hydrogen-bond acceptors (Lipinski definition) is 4. The number of ether oxygens (including phenoxy) is 1. The summed E-state index contributed by atoms with van der Waals surface area (Å²) < 4.78 is 9.32. The van der Waals surface area contributed by atoms with Crippen molar-refractivity contribution in [1.82, 2.24) is 19.4 Å². The van der Waals surface area contributed by atoms with E-state index in [1.165, 1.54) is 43.2 Å². The minimum atomic E-state index is -0.00155. The SMILES string of the molecule is CC(C)(C)c1ccc(-c2[c-]c(Oc3[c-]c(-c4ccccn4)cc(C4CCCCC4)c3)c3c4ccccc4n4c5ccccc5nc4c3c2)nc1.[Pt+2]. The van der Waals surface area contributed by atoms with Crippen LogP contribution in [0, 0.1) is 12.1 Å². The van der Waals surface area contributed by atoms with E-state index in [1.54, 1.807) is 0 Å². The van der Waals surface area contributed by atoms with Crippen LogP contribution in [0.4, 0.5) is 0 Å². The van der Waals surface area contributed by atoms with Crippen molar-refractivity contribution in [1.29, 1.82) is 0 Å². The Morgan fingerprint density at radius 3 is 2.24 bits per heavy atom. The first-order valence-electron chi connectivity index (χ1n) is 17.7. The fourth-order valence-electron chi connectivity index (χ4n) is 7.61. The van der Waals surface area contributed by atoms with Crippen LogP contribution < -0.4 is 4.74 Å². The van der Waals surface area contributed by atoms with Crippen LogP contribution >= 0.6 is 0 Å². The maximum Gasteiger partial charge on any atom is 2.00 e. The molecule has 0 radical (unpaired) electrons. The maximum absolute atomic E-state index is 7.05. The predicted octanol–water partition coefficient (Wildman–Crippen LogP) is 11.7. The molecule has 254 valence electrons. The molecule has 5 nitrogen and oxygen atoms in total. The van der Waals surface area contributed by atoms with Crippen LogP contribution in [-0.4, -0.2) is 19.4 Å². The number of aromatic nitrogens is 4. The Balaban J connectivity index is 0.00000374. The number of rotatable bonds is 5. The summed E-state index contributed by atoms with van der Waals surface area (Å²) >= 11 is 0. The molecule has 0 atom stereocenters. The van der Waals surface area contributed by atoms with E-state index in [1.807, 2.05) is 36.7 Å².